The summed E-state index contributed by atoms with van der Waals surface area (Å²) in [7, 11) is 2.11. The molecule has 126 valence electrons. The Morgan fingerprint density at radius 1 is 1.26 bits per heavy atom. The number of hydrogen-bond donors (Lipinski definition) is 1. The summed E-state index contributed by atoms with van der Waals surface area (Å²) in [6.45, 7) is 5.91. The molecule has 1 aromatic carbocycles. The largest absolute Gasteiger partial charge is 0.352 e. The Morgan fingerprint density at radius 2 is 1.96 bits per heavy atom. The Hall–Kier alpha value is -1.46. The normalized spacial score (nSPS) is 27.3. The summed E-state index contributed by atoms with van der Waals surface area (Å²) in [5.74, 6) is 0.311. The topological polar surface area (TPSA) is 35.6 Å². The van der Waals surface area contributed by atoms with Crippen LogP contribution in [0.3, 0.4) is 0 Å². The molecular weight excluding hydrogens is 293 g/mol. The van der Waals surface area contributed by atoms with E-state index in [-0.39, 0.29) is 23.8 Å². The zero-order valence-corrected chi connectivity index (χ0v) is 14.0. The number of halogens is 1. The number of nitrogens with one attached hydrogen (secondary N) is 1. The fourth-order valence-corrected chi connectivity index (χ4v) is 3.47. The maximum atomic E-state index is 13.3. The van der Waals surface area contributed by atoms with Crippen LogP contribution in [0.25, 0.3) is 0 Å². The Labute approximate surface area is 137 Å². The van der Waals surface area contributed by atoms with E-state index in [0.717, 1.165) is 44.6 Å². The Morgan fingerprint density at radius 3 is 2.61 bits per heavy atom. The van der Waals surface area contributed by atoms with E-state index in [1.807, 2.05) is 13.0 Å². The summed E-state index contributed by atoms with van der Waals surface area (Å²) < 4.78 is 13.3. The highest BCUT2D eigenvalue weighted by Gasteiger charge is 2.33. The highest BCUT2D eigenvalue weighted by atomic mass is 19.1. The van der Waals surface area contributed by atoms with Crippen molar-refractivity contribution in [1.82, 2.24) is 15.1 Å². The minimum Gasteiger partial charge on any atom is -0.352 e. The summed E-state index contributed by atoms with van der Waals surface area (Å²) in [4.78, 5) is 16.9. The molecule has 0 bridgehead atoms. The molecule has 0 spiro atoms. The first-order chi connectivity index (χ1) is 11.0. The number of hydrogen-bond acceptors (Lipinski definition) is 3. The van der Waals surface area contributed by atoms with Crippen molar-refractivity contribution in [2.24, 2.45) is 0 Å². The van der Waals surface area contributed by atoms with E-state index in [1.165, 1.54) is 6.07 Å². The summed E-state index contributed by atoms with van der Waals surface area (Å²) in [6.07, 6.45) is 1.81. The number of piperazine rings is 1. The van der Waals surface area contributed by atoms with Crippen molar-refractivity contribution in [2.45, 2.75) is 37.8 Å². The van der Waals surface area contributed by atoms with Gasteiger partial charge in [0.05, 0.1) is 6.04 Å². The van der Waals surface area contributed by atoms with Crippen LogP contribution >= 0.6 is 0 Å². The van der Waals surface area contributed by atoms with E-state index < -0.39 is 0 Å². The molecule has 1 saturated carbocycles. The van der Waals surface area contributed by atoms with Gasteiger partial charge in [-0.25, -0.2) is 4.39 Å². The minimum atomic E-state index is -0.182. The highest BCUT2D eigenvalue weighted by molar-refractivity contribution is 5.81. The van der Waals surface area contributed by atoms with E-state index in [9.17, 15) is 9.18 Å². The van der Waals surface area contributed by atoms with Crippen LogP contribution in [0.2, 0.25) is 0 Å². The lowest BCUT2D eigenvalue weighted by molar-refractivity contribution is -0.127. The quantitative estimate of drug-likeness (QED) is 0.919. The van der Waals surface area contributed by atoms with Crippen molar-refractivity contribution in [1.29, 1.82) is 0 Å². The number of nitrogens with zero attached hydrogens (tertiary/aromatic N) is 2. The lowest BCUT2D eigenvalue weighted by Crippen LogP contribution is -2.55. The van der Waals surface area contributed by atoms with Crippen LogP contribution in [-0.2, 0) is 4.79 Å². The zero-order chi connectivity index (χ0) is 16.4. The standard InChI is InChI=1S/C18H26FN3O/c1-13(22-8-6-21(2)7-9-22)18(23)20-17-11-15(12-17)14-4-3-5-16(19)10-14/h3-5,10,13,15,17H,6-9,11-12H2,1-2H3,(H,20,23). The van der Waals surface area contributed by atoms with E-state index in [4.69, 9.17) is 0 Å². The van der Waals surface area contributed by atoms with Gasteiger partial charge < -0.3 is 10.2 Å². The van der Waals surface area contributed by atoms with Crippen molar-refractivity contribution in [3.63, 3.8) is 0 Å². The molecule has 1 amide bonds. The zero-order valence-electron chi connectivity index (χ0n) is 14.0. The van der Waals surface area contributed by atoms with Crippen molar-refractivity contribution >= 4 is 5.91 Å². The average molecular weight is 319 g/mol. The molecule has 4 nitrogen and oxygen atoms in total. The predicted octanol–water partition coefficient (Wildman–Crippen LogP) is 1.82. The molecule has 1 atom stereocenters. The molecule has 5 heteroatoms. The molecule has 1 heterocycles. The Kier molecular flexibility index (Phi) is 4.97. The van der Waals surface area contributed by atoms with Crippen molar-refractivity contribution in [3.8, 4) is 0 Å². The van der Waals surface area contributed by atoms with Crippen LogP contribution in [0.4, 0.5) is 4.39 Å². The summed E-state index contributed by atoms with van der Waals surface area (Å²) in [6, 6.07) is 6.96. The third kappa shape index (κ3) is 3.90. The summed E-state index contributed by atoms with van der Waals surface area (Å²) in [5, 5.41) is 3.15. The van der Waals surface area contributed by atoms with Crippen molar-refractivity contribution < 1.29 is 9.18 Å². The highest BCUT2D eigenvalue weighted by Crippen LogP contribution is 2.37. The van der Waals surface area contributed by atoms with Gasteiger partial charge >= 0.3 is 0 Å². The van der Waals surface area contributed by atoms with Gasteiger partial charge in [0.1, 0.15) is 5.82 Å². The summed E-state index contributed by atoms with van der Waals surface area (Å²) >= 11 is 0. The third-order valence-electron chi connectivity index (χ3n) is 5.27. The Balaban J connectivity index is 1.45. The fraction of sp³-hybridized carbons (Fsp3) is 0.611. The van der Waals surface area contributed by atoms with Gasteiger partial charge in [0.15, 0.2) is 0 Å². The minimum absolute atomic E-state index is 0.0723. The SMILES string of the molecule is CC(C(=O)NC1CC(c2cccc(F)c2)C1)N1CCN(C)CC1. The number of carbonyl (C=O) groups excluding carboxylic acids is 1. The van der Waals surface area contributed by atoms with Crippen molar-refractivity contribution in [3.05, 3.63) is 35.6 Å². The molecule has 1 aliphatic heterocycles. The van der Waals surface area contributed by atoms with Crippen molar-refractivity contribution in [2.75, 3.05) is 33.2 Å². The lowest BCUT2D eigenvalue weighted by Gasteiger charge is -2.39. The molecule has 1 N–H and O–H groups in total. The first kappa shape index (κ1) is 16.4. The predicted molar refractivity (Wildman–Crippen MR) is 88.8 cm³/mol. The fourth-order valence-electron chi connectivity index (χ4n) is 3.47. The van der Waals surface area contributed by atoms with Crippen LogP contribution in [0.1, 0.15) is 31.2 Å². The first-order valence-electron chi connectivity index (χ1n) is 8.51. The average Bonchev–Trinajstić information content (AvgIpc) is 2.50. The molecule has 0 aromatic heterocycles. The molecule has 1 saturated heterocycles. The van der Waals surface area contributed by atoms with Gasteiger partial charge in [-0.2, -0.15) is 0 Å². The maximum Gasteiger partial charge on any atom is 0.237 e. The summed E-state index contributed by atoms with van der Waals surface area (Å²) in [5.41, 5.74) is 1.04. The molecule has 3 rings (SSSR count). The third-order valence-corrected chi connectivity index (χ3v) is 5.27. The molecule has 2 fully saturated rings. The van der Waals surface area contributed by atoms with Crippen LogP contribution in [-0.4, -0.2) is 61.0 Å². The lowest BCUT2D eigenvalue weighted by atomic mass is 9.76. The van der Waals surface area contributed by atoms with E-state index in [0.29, 0.717) is 5.92 Å². The molecule has 1 aliphatic carbocycles. The van der Waals surface area contributed by atoms with E-state index in [1.54, 1.807) is 12.1 Å². The smallest absolute Gasteiger partial charge is 0.237 e. The van der Waals surface area contributed by atoms with Gasteiger partial charge in [-0.15, -0.1) is 0 Å². The van der Waals surface area contributed by atoms with Crippen LogP contribution < -0.4 is 5.32 Å². The van der Waals surface area contributed by atoms with Gasteiger partial charge in [-0.1, -0.05) is 12.1 Å². The molecule has 0 radical (unpaired) electrons. The van der Waals surface area contributed by atoms with Gasteiger partial charge in [-0.3, -0.25) is 9.69 Å². The van der Waals surface area contributed by atoms with E-state index in [2.05, 4.69) is 22.2 Å². The van der Waals surface area contributed by atoms with Crippen LogP contribution in [0, 0.1) is 5.82 Å². The monoisotopic (exact) mass is 319 g/mol. The molecule has 23 heavy (non-hydrogen) atoms. The molecule has 1 unspecified atom stereocenters. The number of likely N-dealkylation sites (N-methyl/N-ethyl adjacent to an activating group) is 1. The van der Waals surface area contributed by atoms with Gasteiger partial charge in [0.2, 0.25) is 5.91 Å². The van der Waals surface area contributed by atoms with Crippen LogP contribution in [0.5, 0.6) is 0 Å². The van der Waals surface area contributed by atoms with Gasteiger partial charge in [0.25, 0.3) is 0 Å². The second-order valence-corrected chi connectivity index (χ2v) is 6.94. The molecule has 2 aliphatic rings. The number of carbonyl (C=O) groups is 1. The second-order valence-electron chi connectivity index (χ2n) is 6.94. The molecular formula is C18H26FN3O. The number of benzene rings is 1. The van der Waals surface area contributed by atoms with Gasteiger partial charge in [0, 0.05) is 32.2 Å². The number of rotatable bonds is 4. The van der Waals surface area contributed by atoms with E-state index >= 15 is 0 Å². The first-order valence-corrected chi connectivity index (χ1v) is 8.51. The molecule has 1 aromatic rings. The maximum absolute atomic E-state index is 13.3. The van der Waals surface area contributed by atoms with Gasteiger partial charge in [-0.05, 0) is 50.4 Å². The second kappa shape index (κ2) is 6.97. The number of amides is 1. The Bertz CT molecular complexity index is 551. The van der Waals surface area contributed by atoms with Crippen LogP contribution in [0.15, 0.2) is 24.3 Å².